The van der Waals surface area contributed by atoms with Crippen LogP contribution in [0.3, 0.4) is 0 Å². The van der Waals surface area contributed by atoms with E-state index < -0.39 is 39.5 Å². The van der Waals surface area contributed by atoms with Gasteiger partial charge in [0.15, 0.2) is 0 Å². The van der Waals surface area contributed by atoms with E-state index in [0.29, 0.717) is 37.1 Å². The molecule has 10 nitrogen and oxygen atoms in total. The van der Waals surface area contributed by atoms with Crippen LogP contribution in [0.25, 0.3) is 0 Å². The molecule has 0 saturated carbocycles. The van der Waals surface area contributed by atoms with Gasteiger partial charge in [0.05, 0.1) is 17.9 Å². The van der Waals surface area contributed by atoms with Gasteiger partial charge in [0.25, 0.3) is 0 Å². The number of anilines is 1. The first-order valence-electron chi connectivity index (χ1n) is 15.4. The summed E-state index contributed by atoms with van der Waals surface area (Å²) in [7, 11) is -1.86. The molecule has 1 amide bonds. The Hall–Kier alpha value is -3.78. The molecule has 0 aliphatic carbocycles. The highest BCUT2D eigenvalue weighted by molar-refractivity contribution is 7.89. The number of likely N-dealkylation sites (N-methyl/N-ethyl adjacent to an activating group) is 1. The van der Waals surface area contributed by atoms with Crippen molar-refractivity contribution in [2.75, 3.05) is 31.2 Å². The van der Waals surface area contributed by atoms with Crippen LogP contribution in [0.5, 0.6) is 6.01 Å². The van der Waals surface area contributed by atoms with Crippen molar-refractivity contribution in [1.29, 1.82) is 0 Å². The monoisotopic (exact) mass is 654 g/mol. The van der Waals surface area contributed by atoms with Crippen LogP contribution >= 0.6 is 0 Å². The number of hydrogen-bond acceptors (Lipinski definition) is 8. The molecule has 2 aliphatic heterocycles. The lowest BCUT2D eigenvalue weighted by atomic mass is 9.85. The molecule has 5 atom stereocenters. The number of sulfonamides is 1. The summed E-state index contributed by atoms with van der Waals surface area (Å²) in [6.45, 7) is 8.48. The van der Waals surface area contributed by atoms with Crippen molar-refractivity contribution in [3.05, 3.63) is 95.3 Å². The molecule has 3 heterocycles. The third-order valence-electron chi connectivity index (χ3n) is 8.51. The van der Waals surface area contributed by atoms with Gasteiger partial charge in [-0.1, -0.05) is 30.4 Å². The van der Waals surface area contributed by atoms with E-state index >= 15 is 4.39 Å². The standard InChI is InChI=1S/C33H40F2N6O4S/c1-20(2)45-33-38-16-23(17-39-33)30(22-8-10-24(34)11-9-22)31(36-4)32(42)40-28-7-5-6-27(35)26(28)13-12-25-18-37-29-19-41(25)46(43,44)15-14-21(29)3/h5-11,16-17,20,25,29-31,36-37H,3,12-15,18-19H2,1-2,4H3,(H,40,42). The topological polar surface area (TPSA) is 126 Å². The molecule has 5 unspecified atom stereocenters. The zero-order valence-electron chi connectivity index (χ0n) is 26.2. The Morgan fingerprint density at radius 3 is 2.52 bits per heavy atom. The van der Waals surface area contributed by atoms with Crippen LogP contribution in [-0.4, -0.2) is 78.7 Å². The van der Waals surface area contributed by atoms with E-state index in [2.05, 4.69) is 32.5 Å². The molecular formula is C33H40F2N6O4S. The second kappa shape index (κ2) is 14.3. The fourth-order valence-corrected chi connectivity index (χ4v) is 7.86. The smallest absolute Gasteiger partial charge is 0.316 e. The van der Waals surface area contributed by atoms with Gasteiger partial charge >= 0.3 is 6.01 Å². The minimum Gasteiger partial charge on any atom is -0.461 e. The van der Waals surface area contributed by atoms with Crippen molar-refractivity contribution >= 4 is 21.6 Å². The minimum atomic E-state index is -3.49. The van der Waals surface area contributed by atoms with E-state index in [9.17, 15) is 17.6 Å². The van der Waals surface area contributed by atoms with Crippen molar-refractivity contribution in [3.8, 4) is 6.01 Å². The number of fused-ring (bicyclic) bond motifs is 2. The number of piperazine rings is 1. The number of halogens is 2. The predicted octanol–water partition coefficient (Wildman–Crippen LogP) is 3.77. The number of nitrogens with zero attached hydrogens (tertiary/aromatic N) is 3. The van der Waals surface area contributed by atoms with E-state index in [0.717, 1.165) is 5.57 Å². The molecule has 46 heavy (non-hydrogen) atoms. The van der Waals surface area contributed by atoms with Crippen LogP contribution in [0.15, 0.2) is 67.0 Å². The van der Waals surface area contributed by atoms with E-state index in [-0.39, 0.29) is 47.6 Å². The molecule has 2 bridgehead atoms. The molecule has 1 aromatic heterocycles. The SMILES string of the molecule is C=C1CCS(=O)(=O)N2CC1NCC2CCc1c(F)cccc1NC(=O)C(NC)C(c1ccc(F)cc1)c1cnc(OC(C)C)nc1. The van der Waals surface area contributed by atoms with Crippen LogP contribution < -0.4 is 20.7 Å². The fraction of sp³-hybridized carbons (Fsp3) is 0.424. The Kier molecular flexibility index (Phi) is 10.5. The van der Waals surface area contributed by atoms with Gasteiger partial charge in [0.2, 0.25) is 15.9 Å². The lowest BCUT2D eigenvalue weighted by molar-refractivity contribution is -0.118. The van der Waals surface area contributed by atoms with Gasteiger partial charge in [-0.25, -0.2) is 27.2 Å². The Morgan fingerprint density at radius 2 is 1.85 bits per heavy atom. The molecule has 0 radical (unpaired) electrons. The normalized spacial score (nSPS) is 22.1. The van der Waals surface area contributed by atoms with Crippen molar-refractivity contribution in [2.45, 2.75) is 63.3 Å². The number of carbonyl (C=O) groups is 1. The maximum absolute atomic E-state index is 15.3. The summed E-state index contributed by atoms with van der Waals surface area (Å²) in [5.41, 5.74) is 2.66. The molecule has 2 aromatic carbocycles. The van der Waals surface area contributed by atoms with E-state index in [1.807, 2.05) is 13.8 Å². The lowest BCUT2D eigenvalue weighted by Gasteiger charge is -2.38. The molecule has 13 heteroatoms. The largest absolute Gasteiger partial charge is 0.461 e. The quantitative estimate of drug-likeness (QED) is 0.267. The third-order valence-corrected chi connectivity index (χ3v) is 10.4. The van der Waals surface area contributed by atoms with Gasteiger partial charge < -0.3 is 20.7 Å². The molecule has 3 N–H and O–H groups in total. The van der Waals surface area contributed by atoms with Gasteiger partial charge in [-0.3, -0.25) is 4.79 Å². The van der Waals surface area contributed by atoms with Crippen molar-refractivity contribution in [2.24, 2.45) is 0 Å². The second-order valence-electron chi connectivity index (χ2n) is 12.0. The summed E-state index contributed by atoms with van der Waals surface area (Å²) < 4.78 is 62.4. The van der Waals surface area contributed by atoms with Crippen LogP contribution in [0, 0.1) is 11.6 Å². The highest BCUT2D eigenvalue weighted by Gasteiger charge is 2.39. The van der Waals surface area contributed by atoms with Crippen LogP contribution in [0.4, 0.5) is 14.5 Å². The van der Waals surface area contributed by atoms with Crippen molar-refractivity contribution in [1.82, 2.24) is 24.9 Å². The van der Waals surface area contributed by atoms with Gasteiger partial charge in [0, 0.05) is 54.7 Å². The predicted molar refractivity (Wildman–Crippen MR) is 172 cm³/mol. The van der Waals surface area contributed by atoms with Gasteiger partial charge in [-0.05, 0) is 75.5 Å². The summed E-state index contributed by atoms with van der Waals surface area (Å²) in [6, 6.07) is 9.11. The summed E-state index contributed by atoms with van der Waals surface area (Å²) in [4.78, 5) is 22.5. The highest BCUT2D eigenvalue weighted by atomic mass is 32.2. The average molecular weight is 655 g/mol. The van der Waals surface area contributed by atoms with Gasteiger partial charge in [-0.15, -0.1) is 0 Å². The van der Waals surface area contributed by atoms with Gasteiger partial charge in [-0.2, -0.15) is 4.31 Å². The van der Waals surface area contributed by atoms with Crippen LogP contribution in [0.1, 0.15) is 49.3 Å². The molecule has 2 saturated heterocycles. The van der Waals surface area contributed by atoms with E-state index in [1.54, 1.807) is 37.6 Å². The first kappa shape index (κ1) is 33.6. The van der Waals surface area contributed by atoms with Crippen LogP contribution in [0.2, 0.25) is 0 Å². The number of hydrogen-bond donors (Lipinski definition) is 3. The van der Waals surface area contributed by atoms with Gasteiger partial charge in [0.1, 0.15) is 11.6 Å². The zero-order valence-corrected chi connectivity index (χ0v) is 27.0. The average Bonchev–Trinajstić information content (AvgIpc) is 3.11. The summed E-state index contributed by atoms with van der Waals surface area (Å²) in [5, 5.41) is 9.35. The highest BCUT2D eigenvalue weighted by Crippen LogP contribution is 2.31. The Balaban J connectivity index is 1.38. The maximum Gasteiger partial charge on any atom is 0.316 e. The number of amides is 1. The number of benzene rings is 2. The summed E-state index contributed by atoms with van der Waals surface area (Å²) in [5.74, 6) is -2.02. The number of aromatic nitrogens is 2. The molecule has 246 valence electrons. The molecule has 0 spiro atoms. The number of nitrogens with one attached hydrogen (secondary N) is 3. The lowest BCUT2D eigenvalue weighted by Crippen LogP contribution is -2.57. The number of ether oxygens (including phenoxy) is 1. The molecular weight excluding hydrogens is 614 g/mol. The van der Waals surface area contributed by atoms with E-state index in [4.69, 9.17) is 4.74 Å². The molecule has 5 rings (SSSR count). The molecule has 3 aromatic rings. The Bertz CT molecular complexity index is 1650. The summed E-state index contributed by atoms with van der Waals surface area (Å²) in [6.07, 6.45) is 3.96. The summed E-state index contributed by atoms with van der Waals surface area (Å²) >= 11 is 0. The molecule has 2 fully saturated rings. The Labute approximate surface area is 268 Å². The first-order valence-corrected chi connectivity index (χ1v) is 17.0. The van der Waals surface area contributed by atoms with Crippen molar-refractivity contribution < 1.29 is 26.7 Å². The first-order chi connectivity index (χ1) is 22.0. The van der Waals surface area contributed by atoms with Crippen LogP contribution in [-0.2, 0) is 21.2 Å². The van der Waals surface area contributed by atoms with E-state index in [1.165, 1.54) is 28.6 Å². The zero-order chi connectivity index (χ0) is 33.0. The van der Waals surface area contributed by atoms with Crippen molar-refractivity contribution in [3.63, 3.8) is 0 Å². The second-order valence-corrected chi connectivity index (χ2v) is 14.0. The number of rotatable bonds is 11. The number of carbonyl (C=O) groups excluding carboxylic acids is 1. The fourth-order valence-electron chi connectivity index (χ4n) is 6.09. The maximum atomic E-state index is 15.3. The molecule has 2 aliphatic rings. The Morgan fingerprint density at radius 1 is 1.13 bits per heavy atom. The minimum absolute atomic E-state index is 0.000659. The third kappa shape index (κ3) is 7.60.